The van der Waals surface area contributed by atoms with E-state index in [1.165, 1.54) is 7.05 Å². The molecule has 0 atom stereocenters. The van der Waals surface area contributed by atoms with E-state index in [-0.39, 0.29) is 23.9 Å². The van der Waals surface area contributed by atoms with Gasteiger partial charge in [0.05, 0.1) is 11.1 Å². The molecule has 0 unspecified atom stereocenters. The molecule has 0 saturated carbocycles. The van der Waals surface area contributed by atoms with Crippen LogP contribution in [0.1, 0.15) is 27.2 Å². The van der Waals surface area contributed by atoms with Gasteiger partial charge in [-0.2, -0.15) is 26.3 Å². The number of benzene rings is 3. The number of alkyl halides is 6. The Hall–Kier alpha value is -4.23. The van der Waals surface area contributed by atoms with E-state index in [1.54, 1.807) is 6.20 Å². The van der Waals surface area contributed by atoms with Crippen LogP contribution in [0.25, 0.3) is 21.9 Å². The van der Waals surface area contributed by atoms with Crippen molar-refractivity contribution in [3.63, 3.8) is 0 Å². The van der Waals surface area contributed by atoms with E-state index >= 15 is 0 Å². The van der Waals surface area contributed by atoms with Crippen molar-refractivity contribution in [2.75, 3.05) is 45.2 Å². The predicted molar refractivity (Wildman–Crippen MR) is 151 cm³/mol. The number of piperazine rings is 1. The number of rotatable bonds is 5. The minimum Gasteiger partial charge on any atom is -0.476 e. The molecule has 228 valence electrons. The maximum Gasteiger partial charge on any atom is 0.416 e. The smallest absolute Gasteiger partial charge is 0.416 e. The molecule has 1 aliphatic rings. The highest BCUT2D eigenvalue weighted by molar-refractivity contribution is 6.02. The molecule has 3 aromatic carbocycles. The van der Waals surface area contributed by atoms with Gasteiger partial charge in [-0.25, -0.2) is 14.8 Å². The molecule has 4 aromatic rings. The Morgan fingerprint density at radius 3 is 2.07 bits per heavy atom. The van der Waals surface area contributed by atoms with Crippen LogP contribution in [0, 0.1) is 0 Å². The lowest BCUT2D eigenvalue weighted by Gasteiger charge is -2.32. The van der Waals surface area contributed by atoms with E-state index in [9.17, 15) is 36.2 Å². The topological polar surface area (TPSA) is 81.6 Å². The molecule has 43 heavy (non-hydrogen) atoms. The lowest BCUT2D eigenvalue weighted by Crippen LogP contribution is -2.45. The number of aromatic carboxylic acids is 1. The zero-order valence-corrected chi connectivity index (χ0v) is 23.3. The van der Waals surface area contributed by atoms with Crippen LogP contribution in [0.2, 0.25) is 0 Å². The normalized spacial score (nSPS) is 14.4. The lowest BCUT2D eigenvalue weighted by molar-refractivity contribution is -0.143. The van der Waals surface area contributed by atoms with Crippen molar-refractivity contribution < 1.29 is 36.2 Å². The first-order valence-electron chi connectivity index (χ1n) is 13.2. The van der Waals surface area contributed by atoms with Gasteiger partial charge in [0.15, 0.2) is 5.69 Å². The zero-order chi connectivity index (χ0) is 31.4. The fourth-order valence-electron chi connectivity index (χ4n) is 4.68. The van der Waals surface area contributed by atoms with E-state index < -0.39 is 29.4 Å². The second-order valence-corrected chi connectivity index (χ2v) is 10.00. The number of likely N-dealkylation sites (N-methyl/N-ethyl adjacent to an activating group) is 1. The molecule has 2 N–H and O–H groups in total. The fraction of sp³-hybridized carbons (Fsp3) is 0.300. The van der Waals surface area contributed by atoms with Crippen LogP contribution in [0.15, 0.2) is 66.9 Å². The van der Waals surface area contributed by atoms with Gasteiger partial charge in [-0.1, -0.05) is 42.5 Å². The predicted octanol–water partition coefficient (Wildman–Crippen LogP) is 6.19. The van der Waals surface area contributed by atoms with Crippen LogP contribution in [-0.2, 0) is 18.9 Å². The highest BCUT2D eigenvalue weighted by atomic mass is 19.4. The quantitative estimate of drug-likeness (QED) is 0.263. The Morgan fingerprint density at radius 2 is 1.49 bits per heavy atom. The van der Waals surface area contributed by atoms with Crippen LogP contribution in [0.3, 0.4) is 0 Å². The highest BCUT2D eigenvalue weighted by Gasteiger charge is 2.36. The van der Waals surface area contributed by atoms with Gasteiger partial charge in [0.2, 0.25) is 5.95 Å². The van der Waals surface area contributed by atoms with Gasteiger partial charge in [-0.15, -0.1) is 0 Å². The Bertz CT molecular complexity index is 1550. The molecule has 2 heterocycles. The Morgan fingerprint density at radius 1 is 0.884 bits per heavy atom. The minimum absolute atomic E-state index is 0.0466. The molecule has 13 heteroatoms. The Labute approximate surface area is 243 Å². The molecular formula is C30H29F6N5O2. The van der Waals surface area contributed by atoms with Crippen molar-refractivity contribution in [2.45, 2.75) is 18.9 Å². The summed E-state index contributed by atoms with van der Waals surface area (Å²) in [6, 6.07) is 15.3. The number of carbonyl (C=O) groups is 1. The van der Waals surface area contributed by atoms with Gasteiger partial charge in [-0.05, 0) is 54.2 Å². The Balaban J connectivity index is 0.000000217. The zero-order valence-electron chi connectivity index (χ0n) is 23.3. The van der Waals surface area contributed by atoms with Crippen LogP contribution in [0.5, 0.6) is 0 Å². The first kappa shape index (κ1) is 31.7. The van der Waals surface area contributed by atoms with E-state index in [1.807, 2.05) is 47.4 Å². The number of nitrogens with zero attached hydrogens (tertiary/aromatic N) is 4. The maximum atomic E-state index is 12.4. The third kappa shape index (κ3) is 7.79. The highest BCUT2D eigenvalue weighted by Crippen LogP contribution is 2.36. The Kier molecular flexibility index (Phi) is 9.55. The molecule has 0 bridgehead atoms. The number of carboxylic acids is 1. The molecule has 7 nitrogen and oxygen atoms in total. The number of hydrogen-bond acceptors (Lipinski definition) is 6. The summed E-state index contributed by atoms with van der Waals surface area (Å²) in [7, 11) is 3.51. The summed E-state index contributed by atoms with van der Waals surface area (Å²) < 4.78 is 74.3. The van der Waals surface area contributed by atoms with E-state index in [4.69, 9.17) is 0 Å². The largest absolute Gasteiger partial charge is 0.476 e. The first-order valence-corrected chi connectivity index (χ1v) is 13.2. The van der Waals surface area contributed by atoms with E-state index in [2.05, 4.69) is 27.2 Å². The van der Waals surface area contributed by atoms with Gasteiger partial charge in [0.1, 0.15) is 0 Å². The number of aromatic nitrogens is 2. The molecule has 0 aliphatic carbocycles. The lowest BCUT2D eigenvalue weighted by atomic mass is 9.98. The van der Waals surface area contributed by atoms with Crippen LogP contribution < -0.4 is 10.2 Å². The van der Waals surface area contributed by atoms with E-state index in [0.717, 1.165) is 42.5 Å². The number of halogens is 6. The maximum absolute atomic E-state index is 12.4. The average Bonchev–Trinajstić information content (AvgIpc) is 2.96. The van der Waals surface area contributed by atoms with Crippen molar-refractivity contribution in [3.05, 3.63) is 89.2 Å². The fourth-order valence-corrected chi connectivity index (χ4v) is 4.68. The first-order chi connectivity index (χ1) is 20.3. The standard InChI is InChI=1S/C20H20N4O2.C10H9F6N/c1-23-9-11-24(12-10-23)20-21-13-17(18(22-20)19(25)26)16-8-4-6-14-5-2-3-7-15(14)16;1-17-5-6-2-7(9(11,12)13)4-8(3-6)10(14,15)16/h2-8,13H,9-12H2,1H3,(H,25,26);2-4,17H,5H2,1H3. The van der Waals surface area contributed by atoms with Crippen LogP contribution >= 0.6 is 0 Å². The molecular weight excluding hydrogens is 576 g/mol. The van der Waals surface area contributed by atoms with Gasteiger partial charge in [0, 0.05) is 44.5 Å². The summed E-state index contributed by atoms with van der Waals surface area (Å²) in [5, 5.41) is 14.3. The van der Waals surface area contributed by atoms with Gasteiger partial charge < -0.3 is 20.2 Å². The number of hydrogen-bond donors (Lipinski definition) is 2. The van der Waals surface area contributed by atoms with Crippen LogP contribution in [-0.4, -0.2) is 66.2 Å². The van der Waals surface area contributed by atoms with Crippen LogP contribution in [0.4, 0.5) is 32.3 Å². The van der Waals surface area contributed by atoms with E-state index in [0.29, 0.717) is 23.6 Å². The number of fused-ring (bicyclic) bond motifs is 1. The minimum atomic E-state index is -4.79. The molecule has 1 fully saturated rings. The second kappa shape index (κ2) is 13.0. The summed E-state index contributed by atoms with van der Waals surface area (Å²) in [5.74, 6) is -0.551. The molecule has 1 aliphatic heterocycles. The van der Waals surface area contributed by atoms with Crippen molar-refractivity contribution in [1.82, 2.24) is 20.2 Å². The molecule has 0 radical (unpaired) electrons. The van der Waals surface area contributed by atoms with Crippen molar-refractivity contribution >= 4 is 22.7 Å². The SMILES string of the molecule is CN1CCN(c2ncc(-c3cccc4ccccc34)c(C(=O)O)n2)CC1.CNCc1cc(C(F)(F)F)cc(C(F)(F)F)c1. The molecule has 1 aromatic heterocycles. The molecule has 0 spiro atoms. The third-order valence-electron chi connectivity index (χ3n) is 6.87. The monoisotopic (exact) mass is 605 g/mol. The second-order valence-electron chi connectivity index (χ2n) is 10.00. The van der Waals surface area contributed by atoms with Gasteiger partial charge in [-0.3, -0.25) is 0 Å². The summed E-state index contributed by atoms with van der Waals surface area (Å²) in [4.78, 5) is 25.1. The summed E-state index contributed by atoms with van der Waals surface area (Å²) in [5.41, 5.74) is -1.22. The van der Waals surface area contributed by atoms with Crippen molar-refractivity contribution in [1.29, 1.82) is 0 Å². The molecule has 5 rings (SSSR count). The summed E-state index contributed by atoms with van der Waals surface area (Å²) >= 11 is 0. The number of carboxylic acid groups (broad SMARTS) is 1. The molecule has 1 saturated heterocycles. The number of nitrogens with one attached hydrogen (secondary N) is 1. The third-order valence-corrected chi connectivity index (χ3v) is 6.87. The summed E-state index contributed by atoms with van der Waals surface area (Å²) in [6.45, 7) is 3.35. The number of anilines is 1. The summed E-state index contributed by atoms with van der Waals surface area (Å²) in [6.07, 6.45) is -7.93. The van der Waals surface area contributed by atoms with Crippen molar-refractivity contribution in [3.8, 4) is 11.1 Å². The van der Waals surface area contributed by atoms with Gasteiger partial charge >= 0.3 is 18.3 Å². The van der Waals surface area contributed by atoms with Gasteiger partial charge in [0.25, 0.3) is 0 Å². The van der Waals surface area contributed by atoms with Crippen molar-refractivity contribution in [2.24, 2.45) is 0 Å². The molecule has 0 amide bonds. The average molecular weight is 606 g/mol.